The summed E-state index contributed by atoms with van der Waals surface area (Å²) in [5.74, 6) is 0.918. The van der Waals surface area contributed by atoms with E-state index in [1.807, 2.05) is 24.4 Å². The van der Waals surface area contributed by atoms with E-state index in [-0.39, 0.29) is 0 Å². The lowest BCUT2D eigenvalue weighted by Gasteiger charge is -2.16. The Morgan fingerprint density at radius 2 is 1.96 bits per heavy atom. The molecule has 0 unspecified atom stereocenters. The lowest BCUT2D eigenvalue weighted by Crippen LogP contribution is -2.37. The third kappa shape index (κ3) is 3.01. The lowest BCUT2D eigenvalue weighted by atomic mass is 10.0. The van der Waals surface area contributed by atoms with Crippen molar-refractivity contribution in [3.05, 3.63) is 94.0 Å². The molecule has 5 nitrogen and oxygen atoms in total. The Kier molecular flexibility index (Phi) is 4.05. The van der Waals surface area contributed by atoms with E-state index in [0.29, 0.717) is 6.54 Å². The zero-order valence-corrected chi connectivity index (χ0v) is 15.5. The average molecular weight is 370 g/mol. The molecule has 0 bridgehead atoms. The molecule has 2 aliphatic rings. The minimum atomic E-state index is 0.717. The van der Waals surface area contributed by atoms with Crippen LogP contribution in [-0.2, 0) is 6.54 Å². The Labute approximate surface area is 162 Å². The van der Waals surface area contributed by atoms with E-state index in [0.717, 1.165) is 41.2 Å². The summed E-state index contributed by atoms with van der Waals surface area (Å²) in [6.07, 6.45) is 5.97. The number of fused-ring (bicyclic) bond motifs is 2. The predicted molar refractivity (Wildman–Crippen MR) is 112 cm³/mol. The van der Waals surface area contributed by atoms with Gasteiger partial charge in [0.25, 0.3) is 0 Å². The highest BCUT2D eigenvalue weighted by atomic mass is 16.3. The number of nitrogens with two attached hydrogens (primary N) is 1. The molecule has 2 aliphatic heterocycles. The monoisotopic (exact) mass is 370 g/mol. The summed E-state index contributed by atoms with van der Waals surface area (Å²) in [7, 11) is 0. The van der Waals surface area contributed by atoms with E-state index in [9.17, 15) is 0 Å². The largest absolute Gasteiger partial charge is 0.456 e. The SMILES string of the molecule is NC1=CNCC=C1NCc1ccc2c(c1)=C(c1cc3ccccc3o1)CNC=2. The van der Waals surface area contributed by atoms with Crippen molar-refractivity contribution in [2.45, 2.75) is 6.54 Å². The van der Waals surface area contributed by atoms with E-state index in [1.165, 1.54) is 21.6 Å². The highest BCUT2D eigenvalue weighted by Gasteiger charge is 2.13. The summed E-state index contributed by atoms with van der Waals surface area (Å²) >= 11 is 0. The number of benzene rings is 2. The number of nitrogens with one attached hydrogen (secondary N) is 3. The Hall–Kier alpha value is -3.60. The third-order valence-corrected chi connectivity index (χ3v) is 5.18. The molecular weight excluding hydrogens is 348 g/mol. The summed E-state index contributed by atoms with van der Waals surface area (Å²) in [6.45, 7) is 2.25. The second-order valence-corrected chi connectivity index (χ2v) is 7.05. The van der Waals surface area contributed by atoms with Gasteiger partial charge in [0.05, 0.1) is 11.4 Å². The van der Waals surface area contributed by atoms with Gasteiger partial charge >= 0.3 is 0 Å². The topological polar surface area (TPSA) is 75.2 Å². The van der Waals surface area contributed by atoms with E-state index in [1.54, 1.807) is 0 Å². The van der Waals surface area contributed by atoms with Crippen LogP contribution in [0.15, 0.2) is 76.6 Å². The number of furan rings is 1. The van der Waals surface area contributed by atoms with Crippen molar-refractivity contribution >= 4 is 22.7 Å². The van der Waals surface area contributed by atoms with Crippen molar-refractivity contribution in [3.8, 4) is 0 Å². The van der Waals surface area contributed by atoms with Crippen molar-refractivity contribution in [2.75, 3.05) is 13.1 Å². The zero-order valence-electron chi connectivity index (χ0n) is 15.5. The standard InChI is InChI=1S/C23H22N4O/c24-20-14-25-8-7-21(20)27-11-15-5-6-17-12-26-13-19(18(17)9-15)23-10-16-3-1-2-4-22(16)28-23/h1-7,9-10,12,14,25-27H,8,11,13,24H2. The fraction of sp³-hybridized carbons (Fsp3) is 0.130. The average Bonchev–Trinajstić information content (AvgIpc) is 3.16. The lowest BCUT2D eigenvalue weighted by molar-refractivity contribution is 0.596. The summed E-state index contributed by atoms with van der Waals surface area (Å²) in [4.78, 5) is 0. The van der Waals surface area contributed by atoms with Crippen LogP contribution in [0.2, 0.25) is 0 Å². The van der Waals surface area contributed by atoms with Gasteiger partial charge in [-0.15, -0.1) is 0 Å². The van der Waals surface area contributed by atoms with Crippen molar-refractivity contribution in [2.24, 2.45) is 5.73 Å². The Morgan fingerprint density at radius 1 is 1.04 bits per heavy atom. The summed E-state index contributed by atoms with van der Waals surface area (Å²) in [6, 6.07) is 16.8. The molecule has 3 heterocycles. The van der Waals surface area contributed by atoms with Crippen LogP contribution in [0.5, 0.6) is 0 Å². The van der Waals surface area contributed by atoms with E-state index >= 15 is 0 Å². The van der Waals surface area contributed by atoms with Crippen molar-refractivity contribution < 1.29 is 4.42 Å². The molecule has 3 aromatic rings. The third-order valence-electron chi connectivity index (χ3n) is 5.18. The molecular formula is C23H22N4O. The molecule has 5 rings (SSSR count). The first-order valence-corrected chi connectivity index (χ1v) is 9.46. The van der Waals surface area contributed by atoms with Crippen molar-refractivity contribution in [1.29, 1.82) is 0 Å². The Balaban J connectivity index is 1.52. The van der Waals surface area contributed by atoms with Gasteiger partial charge < -0.3 is 26.1 Å². The molecule has 2 aromatic carbocycles. The minimum absolute atomic E-state index is 0.717. The van der Waals surface area contributed by atoms with Gasteiger partial charge in [-0.2, -0.15) is 0 Å². The van der Waals surface area contributed by atoms with Crippen LogP contribution in [0.3, 0.4) is 0 Å². The number of hydrogen-bond acceptors (Lipinski definition) is 5. The molecule has 28 heavy (non-hydrogen) atoms. The van der Waals surface area contributed by atoms with Crippen LogP contribution < -0.4 is 32.1 Å². The summed E-state index contributed by atoms with van der Waals surface area (Å²) < 4.78 is 6.13. The van der Waals surface area contributed by atoms with Crippen LogP contribution >= 0.6 is 0 Å². The molecule has 140 valence electrons. The smallest absolute Gasteiger partial charge is 0.134 e. The number of dihydropyridines is 1. The zero-order chi connectivity index (χ0) is 18.9. The molecule has 5 N–H and O–H groups in total. The molecule has 0 amide bonds. The van der Waals surface area contributed by atoms with E-state index < -0.39 is 0 Å². The normalized spacial score (nSPS) is 15.6. The van der Waals surface area contributed by atoms with E-state index in [2.05, 4.69) is 58.6 Å². The first-order chi connectivity index (χ1) is 13.8. The van der Waals surface area contributed by atoms with Gasteiger partial charge in [-0.05, 0) is 40.3 Å². The molecule has 0 spiro atoms. The fourth-order valence-corrected chi connectivity index (χ4v) is 3.71. The van der Waals surface area contributed by atoms with Crippen LogP contribution in [0.4, 0.5) is 0 Å². The van der Waals surface area contributed by atoms with Gasteiger partial charge in [-0.1, -0.05) is 30.3 Å². The first-order valence-electron chi connectivity index (χ1n) is 9.46. The maximum absolute atomic E-state index is 6.13. The number of hydrogen-bond donors (Lipinski definition) is 4. The highest BCUT2D eigenvalue weighted by Crippen LogP contribution is 2.23. The van der Waals surface area contributed by atoms with Crippen molar-refractivity contribution in [1.82, 2.24) is 16.0 Å². The maximum Gasteiger partial charge on any atom is 0.134 e. The first kappa shape index (κ1) is 16.6. The van der Waals surface area contributed by atoms with Crippen LogP contribution in [0.1, 0.15) is 11.3 Å². The fourth-order valence-electron chi connectivity index (χ4n) is 3.71. The molecule has 0 fully saturated rings. The predicted octanol–water partition coefficient (Wildman–Crippen LogP) is 1.35. The van der Waals surface area contributed by atoms with Gasteiger partial charge in [0.2, 0.25) is 0 Å². The van der Waals surface area contributed by atoms with Crippen LogP contribution in [-0.4, -0.2) is 13.1 Å². The van der Waals surface area contributed by atoms with Gasteiger partial charge in [-0.25, -0.2) is 0 Å². The quantitative estimate of drug-likeness (QED) is 0.558. The second kappa shape index (κ2) is 6.85. The molecule has 0 saturated heterocycles. The maximum atomic E-state index is 6.13. The number of rotatable bonds is 4. The summed E-state index contributed by atoms with van der Waals surface area (Å²) in [5.41, 5.74) is 11.0. The van der Waals surface area contributed by atoms with Gasteiger partial charge in [0.15, 0.2) is 0 Å². The van der Waals surface area contributed by atoms with Crippen LogP contribution in [0.25, 0.3) is 22.7 Å². The molecule has 0 saturated carbocycles. The second-order valence-electron chi connectivity index (χ2n) is 7.05. The molecule has 0 radical (unpaired) electrons. The Bertz CT molecular complexity index is 1200. The van der Waals surface area contributed by atoms with Crippen molar-refractivity contribution in [3.63, 3.8) is 0 Å². The number of para-hydroxylation sites is 1. The molecule has 0 atom stereocenters. The molecule has 1 aromatic heterocycles. The van der Waals surface area contributed by atoms with E-state index in [4.69, 9.17) is 10.2 Å². The van der Waals surface area contributed by atoms with Crippen LogP contribution in [0, 0.1) is 0 Å². The minimum Gasteiger partial charge on any atom is -0.456 e. The Morgan fingerprint density at radius 3 is 2.86 bits per heavy atom. The summed E-state index contributed by atoms with van der Waals surface area (Å²) in [5, 5.41) is 13.4. The highest BCUT2D eigenvalue weighted by molar-refractivity contribution is 5.82. The van der Waals surface area contributed by atoms with Gasteiger partial charge in [-0.3, -0.25) is 0 Å². The molecule has 5 heteroatoms. The van der Waals surface area contributed by atoms with Gasteiger partial charge in [0, 0.05) is 43.0 Å². The van der Waals surface area contributed by atoms with Gasteiger partial charge in [0.1, 0.15) is 11.3 Å². The molecule has 0 aliphatic carbocycles.